The van der Waals surface area contributed by atoms with E-state index >= 15 is 0 Å². The van der Waals surface area contributed by atoms with Crippen molar-refractivity contribution >= 4 is 32.6 Å². The predicted molar refractivity (Wildman–Crippen MR) is 110 cm³/mol. The van der Waals surface area contributed by atoms with Crippen LogP contribution >= 0.6 is 11.3 Å². The zero-order valence-electron chi connectivity index (χ0n) is 15.4. The van der Waals surface area contributed by atoms with Gasteiger partial charge in [-0.1, -0.05) is 17.4 Å². The molecule has 0 saturated carbocycles. The van der Waals surface area contributed by atoms with Crippen molar-refractivity contribution in [2.75, 3.05) is 31.1 Å². The zero-order chi connectivity index (χ0) is 19.1. The van der Waals surface area contributed by atoms with E-state index in [1.807, 2.05) is 18.2 Å². The van der Waals surface area contributed by atoms with Gasteiger partial charge in [-0.3, -0.25) is 4.79 Å². The number of amides is 1. The average molecular weight is 396 g/mol. The van der Waals surface area contributed by atoms with E-state index in [4.69, 9.17) is 4.98 Å². The number of nitrogens with one attached hydrogen (secondary N) is 2. The van der Waals surface area contributed by atoms with Gasteiger partial charge < -0.3 is 15.5 Å². The van der Waals surface area contributed by atoms with Gasteiger partial charge in [-0.05, 0) is 54.3 Å². The first-order valence-corrected chi connectivity index (χ1v) is 10.4. The van der Waals surface area contributed by atoms with Crippen molar-refractivity contribution in [3.8, 4) is 0 Å². The molecule has 0 unspecified atom stereocenters. The highest BCUT2D eigenvalue weighted by molar-refractivity contribution is 7.22. The Morgan fingerprint density at radius 1 is 1.21 bits per heavy atom. The molecule has 1 fully saturated rings. The maximum atomic E-state index is 13.4. The second-order valence-corrected chi connectivity index (χ2v) is 8.33. The fraction of sp³-hybridized carbons (Fsp3) is 0.333. The number of hydrogen-bond acceptors (Lipinski definition) is 5. The molecule has 2 aromatic carbocycles. The molecule has 0 spiro atoms. The molecule has 1 aliphatic carbocycles. The number of benzene rings is 2. The standard InChI is InChI=1S/C21H21FN4OS/c22-15-3-4-16-13(11-15)1-5-17(16)24-20(27)14-2-6-18-19(12-14)28-21(25-18)26-9-7-23-8-10-26/h2-4,6,11-12,17,23H,1,5,7-10H2,(H,24,27)/t17-/m1/s1. The topological polar surface area (TPSA) is 57.3 Å². The highest BCUT2D eigenvalue weighted by Gasteiger charge is 2.25. The lowest BCUT2D eigenvalue weighted by Gasteiger charge is -2.26. The Balaban J connectivity index is 1.35. The van der Waals surface area contributed by atoms with Gasteiger partial charge in [0.15, 0.2) is 5.13 Å². The molecule has 1 saturated heterocycles. The van der Waals surface area contributed by atoms with Gasteiger partial charge in [0.25, 0.3) is 5.91 Å². The number of rotatable bonds is 3. The molecule has 144 valence electrons. The van der Waals surface area contributed by atoms with Crippen molar-refractivity contribution < 1.29 is 9.18 Å². The van der Waals surface area contributed by atoms with E-state index in [-0.39, 0.29) is 17.8 Å². The van der Waals surface area contributed by atoms with Crippen molar-refractivity contribution in [2.45, 2.75) is 18.9 Å². The lowest BCUT2D eigenvalue weighted by Crippen LogP contribution is -2.43. The number of piperazine rings is 1. The van der Waals surface area contributed by atoms with E-state index < -0.39 is 0 Å². The molecule has 1 atom stereocenters. The molecule has 0 bridgehead atoms. The van der Waals surface area contributed by atoms with E-state index in [1.54, 1.807) is 23.5 Å². The van der Waals surface area contributed by atoms with Crippen LogP contribution in [0.2, 0.25) is 0 Å². The SMILES string of the molecule is O=C(N[C@@H]1CCc2cc(F)ccc21)c1ccc2nc(N3CCNCC3)sc2c1. The van der Waals surface area contributed by atoms with Crippen LogP contribution in [0.15, 0.2) is 36.4 Å². The third-order valence-corrected chi connectivity index (χ3v) is 6.59. The van der Waals surface area contributed by atoms with Crippen molar-refractivity contribution in [3.63, 3.8) is 0 Å². The Bertz CT molecular complexity index is 1040. The maximum Gasteiger partial charge on any atom is 0.251 e. The van der Waals surface area contributed by atoms with Gasteiger partial charge in [0.05, 0.1) is 16.3 Å². The number of carbonyl (C=O) groups excluding carboxylic acids is 1. The second-order valence-electron chi connectivity index (χ2n) is 7.32. The smallest absolute Gasteiger partial charge is 0.251 e. The van der Waals surface area contributed by atoms with Gasteiger partial charge in [-0.15, -0.1) is 0 Å². The van der Waals surface area contributed by atoms with Crippen molar-refractivity contribution in [1.29, 1.82) is 0 Å². The van der Waals surface area contributed by atoms with Crippen LogP contribution < -0.4 is 15.5 Å². The first-order valence-electron chi connectivity index (χ1n) is 9.63. The van der Waals surface area contributed by atoms with Gasteiger partial charge in [0.2, 0.25) is 0 Å². The Labute approximate surface area is 166 Å². The van der Waals surface area contributed by atoms with Gasteiger partial charge in [0, 0.05) is 31.7 Å². The van der Waals surface area contributed by atoms with E-state index in [0.717, 1.165) is 65.5 Å². The van der Waals surface area contributed by atoms with Gasteiger partial charge in [0.1, 0.15) is 5.82 Å². The number of fused-ring (bicyclic) bond motifs is 2. The lowest BCUT2D eigenvalue weighted by atomic mass is 10.1. The lowest BCUT2D eigenvalue weighted by molar-refractivity contribution is 0.0937. The van der Waals surface area contributed by atoms with Crippen LogP contribution in [0.5, 0.6) is 0 Å². The summed E-state index contributed by atoms with van der Waals surface area (Å²) in [6.07, 6.45) is 1.60. The predicted octanol–water partition coefficient (Wildman–Crippen LogP) is 3.26. The molecule has 5 nitrogen and oxygen atoms in total. The molecule has 7 heteroatoms. The third kappa shape index (κ3) is 3.25. The van der Waals surface area contributed by atoms with Crippen molar-refractivity contribution in [2.24, 2.45) is 0 Å². The van der Waals surface area contributed by atoms with Crippen LogP contribution in [0.4, 0.5) is 9.52 Å². The van der Waals surface area contributed by atoms with Crippen LogP contribution in [0.3, 0.4) is 0 Å². The number of anilines is 1. The number of halogens is 1. The Morgan fingerprint density at radius 2 is 2.07 bits per heavy atom. The normalized spacial score (nSPS) is 19.0. The Kier molecular flexibility index (Phi) is 4.49. The zero-order valence-corrected chi connectivity index (χ0v) is 16.2. The third-order valence-electron chi connectivity index (χ3n) is 5.51. The number of hydrogen-bond donors (Lipinski definition) is 2. The summed E-state index contributed by atoms with van der Waals surface area (Å²) in [5.41, 5.74) is 3.58. The quantitative estimate of drug-likeness (QED) is 0.714. The summed E-state index contributed by atoms with van der Waals surface area (Å²) in [5.74, 6) is -0.317. The summed E-state index contributed by atoms with van der Waals surface area (Å²) < 4.78 is 14.4. The fourth-order valence-electron chi connectivity index (χ4n) is 4.02. The van der Waals surface area contributed by atoms with E-state index in [1.165, 1.54) is 6.07 Å². The van der Waals surface area contributed by atoms with Gasteiger partial charge >= 0.3 is 0 Å². The number of nitrogens with zero attached hydrogens (tertiary/aromatic N) is 2. The van der Waals surface area contributed by atoms with E-state index in [9.17, 15) is 9.18 Å². The molecule has 3 aromatic rings. The molecule has 1 aromatic heterocycles. The van der Waals surface area contributed by atoms with E-state index in [2.05, 4.69) is 15.5 Å². The molecular formula is C21H21FN4OS. The summed E-state index contributed by atoms with van der Waals surface area (Å²) >= 11 is 1.63. The summed E-state index contributed by atoms with van der Waals surface area (Å²) in [7, 11) is 0. The van der Waals surface area contributed by atoms with Crippen molar-refractivity contribution in [1.82, 2.24) is 15.6 Å². The fourth-order valence-corrected chi connectivity index (χ4v) is 5.08. The van der Waals surface area contributed by atoms with Gasteiger partial charge in [-0.2, -0.15) is 0 Å². The van der Waals surface area contributed by atoms with Crippen LogP contribution in [0.1, 0.15) is 33.9 Å². The van der Waals surface area contributed by atoms with Crippen LogP contribution in [-0.2, 0) is 6.42 Å². The number of aromatic nitrogens is 1. The summed E-state index contributed by atoms with van der Waals surface area (Å²) in [6, 6.07) is 10.4. The summed E-state index contributed by atoms with van der Waals surface area (Å²) in [6.45, 7) is 3.84. The van der Waals surface area contributed by atoms with Crippen LogP contribution in [0, 0.1) is 5.82 Å². The minimum Gasteiger partial charge on any atom is -0.346 e. The molecular weight excluding hydrogens is 375 g/mol. The van der Waals surface area contributed by atoms with Crippen LogP contribution in [-0.4, -0.2) is 37.1 Å². The minimum absolute atomic E-state index is 0.0586. The Hall–Kier alpha value is -2.51. The van der Waals surface area contributed by atoms with E-state index in [0.29, 0.717) is 5.56 Å². The highest BCUT2D eigenvalue weighted by atomic mass is 32.1. The van der Waals surface area contributed by atoms with Crippen LogP contribution in [0.25, 0.3) is 10.2 Å². The average Bonchev–Trinajstić information content (AvgIpc) is 3.32. The molecule has 1 aliphatic heterocycles. The molecule has 1 amide bonds. The largest absolute Gasteiger partial charge is 0.346 e. The molecule has 5 rings (SSSR count). The summed E-state index contributed by atoms with van der Waals surface area (Å²) in [4.78, 5) is 19.8. The summed E-state index contributed by atoms with van der Waals surface area (Å²) in [5, 5.41) is 7.47. The minimum atomic E-state index is -0.221. The molecule has 2 heterocycles. The molecule has 0 radical (unpaired) electrons. The Morgan fingerprint density at radius 3 is 2.93 bits per heavy atom. The monoisotopic (exact) mass is 396 g/mol. The molecule has 2 N–H and O–H groups in total. The molecule has 28 heavy (non-hydrogen) atoms. The van der Waals surface area contributed by atoms with Crippen molar-refractivity contribution in [3.05, 3.63) is 58.9 Å². The maximum absolute atomic E-state index is 13.4. The molecule has 2 aliphatic rings. The number of aryl methyl sites for hydroxylation is 1. The second kappa shape index (κ2) is 7.14. The van der Waals surface area contributed by atoms with Gasteiger partial charge in [-0.25, -0.2) is 9.37 Å². The first kappa shape index (κ1) is 17.6. The number of thiazole rings is 1. The number of carbonyl (C=O) groups is 1. The first-order chi connectivity index (χ1) is 13.7. The highest BCUT2D eigenvalue weighted by Crippen LogP contribution is 2.33.